The Morgan fingerprint density at radius 2 is 1.76 bits per heavy atom. The molecule has 0 aliphatic heterocycles. The summed E-state index contributed by atoms with van der Waals surface area (Å²) in [6.45, 7) is 0. The lowest BCUT2D eigenvalue weighted by Crippen LogP contribution is -2.13. The van der Waals surface area contributed by atoms with Crippen molar-refractivity contribution < 1.29 is 8.42 Å². The number of aromatic nitrogens is 1. The molecule has 0 saturated heterocycles. The van der Waals surface area contributed by atoms with Crippen LogP contribution in [0.15, 0.2) is 70.2 Å². The molecular formula is C15H11BrN2O2S. The lowest BCUT2D eigenvalue weighted by molar-refractivity contribution is 0.601. The molecule has 1 aromatic heterocycles. The molecule has 3 rings (SSSR count). The molecule has 1 N–H and O–H groups in total. The van der Waals surface area contributed by atoms with Crippen molar-refractivity contribution in [1.82, 2.24) is 4.98 Å². The Hall–Kier alpha value is -1.92. The average molecular weight is 363 g/mol. The van der Waals surface area contributed by atoms with Crippen molar-refractivity contribution in [3.05, 3.63) is 65.3 Å². The van der Waals surface area contributed by atoms with Gasteiger partial charge in [0.05, 0.1) is 16.1 Å². The standard InChI is InChI=1S/C15H11BrN2O2S/c16-12-9-11-5-4-8-14(15(11)17-10-12)18-21(19,20)13-6-2-1-3-7-13/h1-10,18H. The van der Waals surface area contributed by atoms with E-state index in [2.05, 4.69) is 25.6 Å². The third-order valence-electron chi connectivity index (χ3n) is 2.98. The fourth-order valence-electron chi connectivity index (χ4n) is 2.02. The van der Waals surface area contributed by atoms with Gasteiger partial charge in [0.15, 0.2) is 0 Å². The van der Waals surface area contributed by atoms with Crippen LogP contribution >= 0.6 is 15.9 Å². The largest absolute Gasteiger partial charge is 0.277 e. The van der Waals surface area contributed by atoms with Crippen LogP contribution in [0.3, 0.4) is 0 Å². The lowest BCUT2D eigenvalue weighted by Gasteiger charge is -2.10. The number of nitrogens with one attached hydrogen (secondary N) is 1. The van der Waals surface area contributed by atoms with Crippen LogP contribution < -0.4 is 4.72 Å². The maximum atomic E-state index is 12.4. The van der Waals surface area contributed by atoms with E-state index in [-0.39, 0.29) is 4.90 Å². The highest BCUT2D eigenvalue weighted by molar-refractivity contribution is 9.10. The number of anilines is 1. The van der Waals surface area contributed by atoms with Crippen molar-refractivity contribution in [2.45, 2.75) is 4.90 Å². The Balaban J connectivity index is 2.06. The van der Waals surface area contributed by atoms with Gasteiger partial charge in [-0.05, 0) is 40.2 Å². The third kappa shape index (κ3) is 2.91. The second-order valence-electron chi connectivity index (χ2n) is 4.45. The smallest absolute Gasteiger partial charge is 0.261 e. The van der Waals surface area contributed by atoms with Crippen LogP contribution in [-0.4, -0.2) is 13.4 Å². The second-order valence-corrected chi connectivity index (χ2v) is 7.05. The Morgan fingerprint density at radius 3 is 2.52 bits per heavy atom. The van der Waals surface area contributed by atoms with Gasteiger partial charge in [-0.25, -0.2) is 8.42 Å². The first kappa shape index (κ1) is 14.0. The molecule has 4 nitrogen and oxygen atoms in total. The molecule has 0 atom stereocenters. The number of hydrogen-bond acceptors (Lipinski definition) is 3. The van der Waals surface area contributed by atoms with Gasteiger partial charge in [0.25, 0.3) is 10.0 Å². The van der Waals surface area contributed by atoms with Gasteiger partial charge in [0.2, 0.25) is 0 Å². The minimum atomic E-state index is -3.62. The zero-order chi connectivity index (χ0) is 14.9. The van der Waals surface area contributed by atoms with E-state index in [1.807, 2.05) is 12.1 Å². The number of rotatable bonds is 3. The average Bonchev–Trinajstić information content (AvgIpc) is 2.48. The Morgan fingerprint density at radius 1 is 1.00 bits per heavy atom. The number of hydrogen-bond donors (Lipinski definition) is 1. The van der Waals surface area contributed by atoms with Gasteiger partial charge in [0.1, 0.15) is 0 Å². The minimum absolute atomic E-state index is 0.221. The van der Waals surface area contributed by atoms with Crippen LogP contribution in [0.25, 0.3) is 10.9 Å². The topological polar surface area (TPSA) is 59.1 Å². The molecule has 106 valence electrons. The van der Waals surface area contributed by atoms with Crippen molar-refractivity contribution in [2.75, 3.05) is 4.72 Å². The highest BCUT2D eigenvalue weighted by Gasteiger charge is 2.15. The van der Waals surface area contributed by atoms with Crippen molar-refractivity contribution in [3.8, 4) is 0 Å². The quantitative estimate of drug-likeness (QED) is 0.770. The van der Waals surface area contributed by atoms with Crippen molar-refractivity contribution in [3.63, 3.8) is 0 Å². The molecule has 0 unspecified atom stereocenters. The summed E-state index contributed by atoms with van der Waals surface area (Å²) >= 11 is 3.35. The molecule has 0 amide bonds. The molecular weight excluding hydrogens is 352 g/mol. The second kappa shape index (κ2) is 5.46. The van der Waals surface area contributed by atoms with Gasteiger partial charge >= 0.3 is 0 Å². The normalized spacial score (nSPS) is 11.5. The number of fused-ring (bicyclic) bond motifs is 1. The summed E-state index contributed by atoms with van der Waals surface area (Å²) < 4.78 is 28.2. The maximum Gasteiger partial charge on any atom is 0.261 e. The van der Waals surface area contributed by atoms with Gasteiger partial charge in [-0.3, -0.25) is 9.71 Å². The van der Waals surface area contributed by atoms with E-state index < -0.39 is 10.0 Å². The zero-order valence-corrected chi connectivity index (χ0v) is 13.2. The molecule has 3 aromatic rings. The summed E-state index contributed by atoms with van der Waals surface area (Å²) in [5.41, 5.74) is 1.07. The van der Waals surface area contributed by atoms with E-state index in [1.165, 1.54) is 0 Å². The first-order valence-electron chi connectivity index (χ1n) is 6.18. The third-order valence-corrected chi connectivity index (χ3v) is 4.79. The predicted molar refractivity (Wildman–Crippen MR) is 86.7 cm³/mol. The molecule has 0 spiro atoms. The van der Waals surface area contributed by atoms with E-state index in [9.17, 15) is 8.42 Å². The molecule has 0 radical (unpaired) electrons. The first-order valence-corrected chi connectivity index (χ1v) is 8.46. The molecule has 0 saturated carbocycles. The monoisotopic (exact) mass is 362 g/mol. The Kier molecular flexibility index (Phi) is 3.65. The van der Waals surface area contributed by atoms with Gasteiger partial charge in [-0.2, -0.15) is 0 Å². The number of pyridine rings is 1. The summed E-state index contributed by atoms with van der Waals surface area (Å²) in [5, 5.41) is 0.859. The molecule has 21 heavy (non-hydrogen) atoms. The molecule has 1 heterocycles. The molecule has 0 bridgehead atoms. The van der Waals surface area contributed by atoms with Gasteiger partial charge in [0, 0.05) is 16.1 Å². The van der Waals surface area contributed by atoms with Crippen LogP contribution in [0, 0.1) is 0 Å². The predicted octanol–water partition coefficient (Wildman–Crippen LogP) is 3.80. The molecule has 0 aliphatic rings. The zero-order valence-electron chi connectivity index (χ0n) is 10.8. The van der Waals surface area contributed by atoms with E-state index in [1.54, 1.807) is 48.7 Å². The van der Waals surface area contributed by atoms with Crippen molar-refractivity contribution in [1.29, 1.82) is 0 Å². The van der Waals surface area contributed by atoms with Crippen LogP contribution in [0.2, 0.25) is 0 Å². The van der Waals surface area contributed by atoms with Crippen LogP contribution in [0.5, 0.6) is 0 Å². The Bertz CT molecular complexity index is 896. The van der Waals surface area contributed by atoms with E-state index in [0.717, 1.165) is 9.86 Å². The fraction of sp³-hybridized carbons (Fsp3) is 0. The molecule has 0 aliphatic carbocycles. The minimum Gasteiger partial charge on any atom is -0.277 e. The summed E-state index contributed by atoms with van der Waals surface area (Å²) in [6.07, 6.45) is 1.64. The first-order chi connectivity index (χ1) is 10.1. The van der Waals surface area contributed by atoms with Crippen molar-refractivity contribution in [2.24, 2.45) is 0 Å². The van der Waals surface area contributed by atoms with E-state index in [0.29, 0.717) is 11.2 Å². The molecule has 6 heteroatoms. The summed E-state index contributed by atoms with van der Waals surface area (Å²) in [6, 6.07) is 15.5. The van der Waals surface area contributed by atoms with E-state index >= 15 is 0 Å². The number of benzene rings is 2. The van der Waals surface area contributed by atoms with E-state index in [4.69, 9.17) is 0 Å². The summed E-state index contributed by atoms with van der Waals surface area (Å²) in [5.74, 6) is 0. The molecule has 0 fully saturated rings. The number of nitrogens with zero attached hydrogens (tertiary/aromatic N) is 1. The van der Waals surface area contributed by atoms with Crippen LogP contribution in [0.1, 0.15) is 0 Å². The summed E-state index contributed by atoms with van der Waals surface area (Å²) in [7, 11) is -3.62. The number of sulfonamides is 1. The van der Waals surface area contributed by atoms with Gasteiger partial charge < -0.3 is 0 Å². The SMILES string of the molecule is O=S(=O)(Nc1cccc2cc(Br)cnc12)c1ccccc1. The Labute approximate surface area is 131 Å². The van der Waals surface area contributed by atoms with Gasteiger partial charge in [-0.15, -0.1) is 0 Å². The molecule has 2 aromatic carbocycles. The highest BCUT2D eigenvalue weighted by atomic mass is 79.9. The lowest BCUT2D eigenvalue weighted by atomic mass is 10.2. The van der Waals surface area contributed by atoms with Crippen LogP contribution in [-0.2, 0) is 10.0 Å². The van der Waals surface area contributed by atoms with Gasteiger partial charge in [-0.1, -0.05) is 30.3 Å². The fourth-order valence-corrected chi connectivity index (χ4v) is 3.46. The van der Waals surface area contributed by atoms with Crippen molar-refractivity contribution >= 4 is 42.5 Å². The highest BCUT2D eigenvalue weighted by Crippen LogP contribution is 2.25. The number of para-hydroxylation sites is 1. The number of halogens is 1. The summed E-state index contributed by atoms with van der Waals surface area (Å²) in [4.78, 5) is 4.51. The maximum absolute atomic E-state index is 12.4. The van der Waals surface area contributed by atoms with Crippen LogP contribution in [0.4, 0.5) is 5.69 Å².